The smallest absolute Gasteiger partial charge is 0.497 e. The molecule has 0 aliphatic carbocycles. The minimum Gasteiger partial charge on any atom is -0.497 e. The summed E-state index contributed by atoms with van der Waals surface area (Å²) >= 11 is 1.65. The van der Waals surface area contributed by atoms with Gasteiger partial charge in [0.1, 0.15) is 11.5 Å². The Bertz CT molecular complexity index is 982. The first-order valence-electron chi connectivity index (χ1n) is 9.28. The summed E-state index contributed by atoms with van der Waals surface area (Å²) in [7, 11) is 1.68. The molecule has 0 N–H and O–H groups in total. The first-order valence-corrected chi connectivity index (χ1v) is 10.1. The molecule has 0 bridgehead atoms. The quantitative estimate of drug-likeness (QED) is 0.523. The molecule has 0 spiro atoms. The van der Waals surface area contributed by atoms with Crippen molar-refractivity contribution in [3.8, 4) is 21.9 Å². The van der Waals surface area contributed by atoms with Gasteiger partial charge in [0, 0.05) is 18.0 Å². The van der Waals surface area contributed by atoms with Gasteiger partial charge in [0.25, 0.3) is 0 Å². The molecule has 4 rings (SSSR count). The van der Waals surface area contributed by atoms with Crippen molar-refractivity contribution in [3.63, 3.8) is 0 Å². The van der Waals surface area contributed by atoms with Crippen molar-refractivity contribution in [3.05, 3.63) is 65.7 Å². The SMILES string of the molecule is COc1ccc2c(c1)CCN(c1ccc(-c3ccc(OC(F)(F)F)cc3)s1)CC2. The van der Waals surface area contributed by atoms with Gasteiger partial charge in [-0.05, 0) is 78.1 Å². The number of anilines is 1. The van der Waals surface area contributed by atoms with E-state index in [1.807, 2.05) is 12.1 Å². The topological polar surface area (TPSA) is 21.7 Å². The Morgan fingerprint density at radius 3 is 2.24 bits per heavy atom. The first kappa shape index (κ1) is 19.6. The first-order chi connectivity index (χ1) is 13.9. The van der Waals surface area contributed by atoms with Crippen molar-refractivity contribution >= 4 is 16.3 Å². The third-order valence-corrected chi connectivity index (χ3v) is 6.19. The second-order valence-electron chi connectivity index (χ2n) is 6.83. The van der Waals surface area contributed by atoms with Gasteiger partial charge in [-0.2, -0.15) is 0 Å². The molecule has 0 radical (unpaired) electrons. The summed E-state index contributed by atoms with van der Waals surface area (Å²) in [5.74, 6) is 0.673. The molecule has 0 saturated heterocycles. The van der Waals surface area contributed by atoms with E-state index in [2.05, 4.69) is 27.8 Å². The highest BCUT2D eigenvalue weighted by molar-refractivity contribution is 7.19. The van der Waals surface area contributed by atoms with Crippen LogP contribution in [0.5, 0.6) is 11.5 Å². The van der Waals surface area contributed by atoms with Crippen LogP contribution in [0.15, 0.2) is 54.6 Å². The van der Waals surface area contributed by atoms with Crippen LogP contribution in [0.3, 0.4) is 0 Å². The van der Waals surface area contributed by atoms with Crippen LogP contribution < -0.4 is 14.4 Å². The molecule has 152 valence electrons. The van der Waals surface area contributed by atoms with Crippen molar-refractivity contribution in [2.45, 2.75) is 19.2 Å². The number of methoxy groups -OCH3 is 1. The third-order valence-electron chi connectivity index (χ3n) is 4.99. The molecule has 2 aromatic carbocycles. The van der Waals surface area contributed by atoms with Gasteiger partial charge < -0.3 is 14.4 Å². The summed E-state index contributed by atoms with van der Waals surface area (Å²) in [6.45, 7) is 1.84. The Balaban J connectivity index is 1.46. The number of ether oxygens (including phenoxy) is 2. The number of benzene rings is 2. The molecule has 1 aromatic heterocycles. The largest absolute Gasteiger partial charge is 0.573 e. The van der Waals surface area contributed by atoms with Gasteiger partial charge in [0.2, 0.25) is 0 Å². The Morgan fingerprint density at radius 2 is 1.55 bits per heavy atom. The van der Waals surface area contributed by atoms with Crippen LogP contribution in [0, 0.1) is 0 Å². The van der Waals surface area contributed by atoms with E-state index in [-0.39, 0.29) is 5.75 Å². The van der Waals surface area contributed by atoms with Crippen LogP contribution in [0.2, 0.25) is 0 Å². The van der Waals surface area contributed by atoms with Gasteiger partial charge >= 0.3 is 6.36 Å². The van der Waals surface area contributed by atoms with E-state index in [9.17, 15) is 13.2 Å². The van der Waals surface area contributed by atoms with E-state index in [1.165, 1.54) is 23.3 Å². The maximum absolute atomic E-state index is 12.3. The number of fused-ring (bicyclic) bond motifs is 1. The zero-order chi connectivity index (χ0) is 20.4. The molecule has 3 aromatic rings. The maximum Gasteiger partial charge on any atom is 0.573 e. The lowest BCUT2D eigenvalue weighted by Crippen LogP contribution is -2.24. The van der Waals surface area contributed by atoms with Crippen LogP contribution in [0.1, 0.15) is 11.1 Å². The molecular weight excluding hydrogens is 399 g/mol. The van der Waals surface area contributed by atoms with Crippen molar-refractivity contribution in [1.29, 1.82) is 0 Å². The Morgan fingerprint density at radius 1 is 0.862 bits per heavy atom. The second kappa shape index (κ2) is 7.99. The van der Waals surface area contributed by atoms with Gasteiger partial charge in [-0.25, -0.2) is 0 Å². The maximum atomic E-state index is 12.3. The Kier molecular flexibility index (Phi) is 5.41. The zero-order valence-electron chi connectivity index (χ0n) is 15.8. The van der Waals surface area contributed by atoms with Gasteiger partial charge in [-0.3, -0.25) is 0 Å². The number of thiophene rings is 1. The van der Waals surface area contributed by atoms with E-state index in [0.717, 1.165) is 47.1 Å². The molecule has 0 saturated carbocycles. The Hall–Kier alpha value is -2.67. The Labute approximate surface area is 171 Å². The van der Waals surface area contributed by atoms with Crippen LogP contribution in [0.4, 0.5) is 18.2 Å². The summed E-state index contributed by atoms with van der Waals surface area (Å²) in [4.78, 5) is 3.38. The van der Waals surface area contributed by atoms with Crippen LogP contribution in [-0.2, 0) is 12.8 Å². The summed E-state index contributed by atoms with van der Waals surface area (Å²) in [6.07, 6.45) is -2.76. The van der Waals surface area contributed by atoms with E-state index < -0.39 is 6.36 Å². The molecule has 1 aliphatic rings. The van der Waals surface area contributed by atoms with Crippen LogP contribution >= 0.6 is 11.3 Å². The molecular formula is C22H20F3NO2S. The molecule has 0 fully saturated rings. The monoisotopic (exact) mass is 419 g/mol. The fraction of sp³-hybridized carbons (Fsp3) is 0.273. The molecule has 7 heteroatoms. The summed E-state index contributed by atoms with van der Waals surface area (Å²) in [6, 6.07) is 16.4. The highest BCUT2D eigenvalue weighted by Crippen LogP contribution is 2.36. The van der Waals surface area contributed by atoms with Gasteiger partial charge in [0.15, 0.2) is 0 Å². The predicted octanol–water partition coefficient (Wildman–Crippen LogP) is 5.93. The number of alkyl halides is 3. The van der Waals surface area contributed by atoms with Gasteiger partial charge in [-0.1, -0.05) is 6.07 Å². The number of halogens is 3. The molecule has 3 nitrogen and oxygen atoms in total. The number of nitrogens with zero attached hydrogens (tertiary/aromatic N) is 1. The average molecular weight is 419 g/mol. The molecule has 29 heavy (non-hydrogen) atoms. The lowest BCUT2D eigenvalue weighted by atomic mass is 10.0. The normalized spacial score (nSPS) is 14.3. The third kappa shape index (κ3) is 4.67. The molecule has 2 heterocycles. The summed E-state index contributed by atoms with van der Waals surface area (Å²) in [5.41, 5.74) is 3.55. The zero-order valence-corrected chi connectivity index (χ0v) is 16.6. The fourth-order valence-corrected chi connectivity index (χ4v) is 4.59. The lowest BCUT2D eigenvalue weighted by molar-refractivity contribution is -0.274. The van der Waals surface area contributed by atoms with Crippen molar-refractivity contribution in [2.24, 2.45) is 0 Å². The van der Waals surface area contributed by atoms with E-state index in [1.54, 1.807) is 30.6 Å². The van der Waals surface area contributed by atoms with E-state index in [4.69, 9.17) is 4.74 Å². The van der Waals surface area contributed by atoms with Crippen LogP contribution in [-0.4, -0.2) is 26.6 Å². The molecule has 0 unspecified atom stereocenters. The predicted molar refractivity (Wildman–Crippen MR) is 109 cm³/mol. The van der Waals surface area contributed by atoms with E-state index >= 15 is 0 Å². The fourth-order valence-electron chi connectivity index (χ4n) is 3.52. The van der Waals surface area contributed by atoms with Crippen molar-refractivity contribution in [1.82, 2.24) is 0 Å². The van der Waals surface area contributed by atoms with Gasteiger partial charge in [0.05, 0.1) is 12.1 Å². The standard InChI is InChI=1S/C22H20F3NO2S/c1-27-19-7-2-15-10-12-26(13-11-17(15)14-19)21-9-8-20(29-21)16-3-5-18(6-4-16)28-22(23,24)25/h2-9,14H,10-13H2,1H3. The highest BCUT2D eigenvalue weighted by atomic mass is 32.1. The minimum absolute atomic E-state index is 0.209. The highest BCUT2D eigenvalue weighted by Gasteiger charge is 2.31. The number of hydrogen-bond acceptors (Lipinski definition) is 4. The minimum atomic E-state index is -4.67. The molecule has 1 aliphatic heterocycles. The molecule has 0 amide bonds. The average Bonchev–Trinajstić information content (AvgIpc) is 3.08. The van der Waals surface area contributed by atoms with E-state index in [0.29, 0.717) is 0 Å². The number of rotatable bonds is 4. The number of hydrogen-bond donors (Lipinski definition) is 0. The van der Waals surface area contributed by atoms with Gasteiger partial charge in [-0.15, -0.1) is 24.5 Å². The van der Waals surface area contributed by atoms with Crippen LogP contribution in [0.25, 0.3) is 10.4 Å². The van der Waals surface area contributed by atoms with Crippen molar-refractivity contribution < 1.29 is 22.6 Å². The summed E-state index contributed by atoms with van der Waals surface area (Å²) < 4.78 is 46.2. The van der Waals surface area contributed by atoms with Crippen molar-refractivity contribution in [2.75, 3.05) is 25.1 Å². The second-order valence-corrected chi connectivity index (χ2v) is 7.89. The lowest BCUT2D eigenvalue weighted by Gasteiger charge is -2.20. The molecule has 0 atom stereocenters. The summed E-state index contributed by atoms with van der Waals surface area (Å²) in [5, 5.41) is 1.16.